The Morgan fingerprint density at radius 1 is 1.15 bits per heavy atom. The summed E-state index contributed by atoms with van der Waals surface area (Å²) in [5.74, 6) is -0.665. The minimum absolute atomic E-state index is 0.209. The highest BCUT2D eigenvalue weighted by molar-refractivity contribution is 5.99. The third kappa shape index (κ3) is 5.59. The summed E-state index contributed by atoms with van der Waals surface area (Å²) in [5, 5.41) is 8.54. The fraction of sp³-hybridized carbons (Fsp3) is 0.567. The van der Waals surface area contributed by atoms with Crippen molar-refractivity contribution in [3.63, 3.8) is 0 Å². The minimum atomic E-state index is -0.556. The quantitative estimate of drug-likeness (QED) is 0.469. The Kier molecular flexibility index (Phi) is 7.18. The Labute approximate surface area is 235 Å². The lowest BCUT2D eigenvalue weighted by Crippen LogP contribution is -2.55. The van der Waals surface area contributed by atoms with E-state index in [9.17, 15) is 9.59 Å². The smallest absolute Gasteiger partial charge is 0.410 e. The van der Waals surface area contributed by atoms with E-state index in [0.717, 1.165) is 41.6 Å². The molecule has 10 heteroatoms. The maximum absolute atomic E-state index is 15.3. The lowest BCUT2D eigenvalue weighted by molar-refractivity contribution is -0.123. The van der Waals surface area contributed by atoms with Gasteiger partial charge in [-0.3, -0.25) is 14.8 Å². The van der Waals surface area contributed by atoms with Gasteiger partial charge in [-0.15, -0.1) is 0 Å². The summed E-state index contributed by atoms with van der Waals surface area (Å²) >= 11 is 0. The van der Waals surface area contributed by atoms with E-state index in [1.165, 1.54) is 22.2 Å². The first-order valence-electron chi connectivity index (χ1n) is 14.1. The average Bonchev–Trinajstić information content (AvgIpc) is 3.48. The Bertz CT molecular complexity index is 1430. The van der Waals surface area contributed by atoms with Crippen LogP contribution in [0.25, 0.3) is 22.3 Å². The summed E-state index contributed by atoms with van der Waals surface area (Å²) in [7, 11) is 1.61. The fourth-order valence-electron chi connectivity index (χ4n) is 5.77. The zero-order valence-electron chi connectivity index (χ0n) is 24.7. The molecule has 1 aromatic carbocycles. The molecule has 1 saturated heterocycles. The van der Waals surface area contributed by atoms with E-state index >= 15 is 4.39 Å². The van der Waals surface area contributed by atoms with Crippen molar-refractivity contribution in [1.82, 2.24) is 25.0 Å². The molecule has 2 aliphatic rings. The van der Waals surface area contributed by atoms with Crippen molar-refractivity contribution < 1.29 is 18.7 Å². The molecule has 216 valence electrons. The molecule has 1 aliphatic heterocycles. The largest absolute Gasteiger partial charge is 0.444 e. The molecule has 9 nitrogen and oxygen atoms in total. The number of aromatic nitrogens is 3. The van der Waals surface area contributed by atoms with Crippen molar-refractivity contribution in [1.29, 1.82) is 0 Å². The molecule has 1 atom stereocenters. The number of piperazine rings is 1. The standard InChI is InChI=1S/C30H41FN6O3/c1-18(36-10-12-37(13-11-36)28(39)40-29(2,3)4)27(38)35(7)25-16-22-19(14-21(25)31)15-23(32-22)26-20-8-9-30(5,6)17-24(20)33-34-26/h14-16,18,32H,8-13,17H2,1-7H3,(H,33,34)/t18-/m0/s1. The Morgan fingerprint density at radius 3 is 2.52 bits per heavy atom. The number of carbonyl (C=O) groups excluding carboxylic acids is 2. The van der Waals surface area contributed by atoms with Crippen molar-refractivity contribution in [2.24, 2.45) is 5.41 Å². The molecule has 3 aromatic rings. The number of nitrogens with one attached hydrogen (secondary N) is 2. The van der Waals surface area contributed by atoms with Gasteiger partial charge in [-0.05, 0) is 70.6 Å². The van der Waals surface area contributed by atoms with Gasteiger partial charge in [-0.1, -0.05) is 13.8 Å². The third-order valence-electron chi connectivity index (χ3n) is 8.17. The first-order valence-corrected chi connectivity index (χ1v) is 14.1. The van der Waals surface area contributed by atoms with Crippen molar-refractivity contribution in [3.05, 3.63) is 35.3 Å². The van der Waals surface area contributed by atoms with E-state index < -0.39 is 17.5 Å². The third-order valence-corrected chi connectivity index (χ3v) is 8.17. The molecule has 0 spiro atoms. The molecule has 0 radical (unpaired) electrons. The molecular weight excluding hydrogens is 511 g/mol. The van der Waals surface area contributed by atoms with Crippen LogP contribution in [0.4, 0.5) is 14.9 Å². The van der Waals surface area contributed by atoms with Gasteiger partial charge in [-0.25, -0.2) is 9.18 Å². The lowest BCUT2D eigenvalue weighted by Gasteiger charge is -2.38. The monoisotopic (exact) mass is 552 g/mol. The number of rotatable bonds is 4. The molecule has 0 unspecified atom stereocenters. The van der Waals surface area contributed by atoms with Crippen LogP contribution in [-0.4, -0.2) is 81.9 Å². The highest BCUT2D eigenvalue weighted by Gasteiger charge is 2.32. The predicted octanol–water partition coefficient (Wildman–Crippen LogP) is 5.12. The summed E-state index contributed by atoms with van der Waals surface area (Å²) in [6.45, 7) is 13.9. The van der Waals surface area contributed by atoms with Gasteiger partial charge in [0.1, 0.15) is 17.1 Å². The Hall–Kier alpha value is -3.40. The predicted molar refractivity (Wildman–Crippen MR) is 154 cm³/mol. The maximum atomic E-state index is 15.3. The van der Waals surface area contributed by atoms with Gasteiger partial charge >= 0.3 is 6.09 Å². The molecule has 40 heavy (non-hydrogen) atoms. The van der Waals surface area contributed by atoms with Gasteiger partial charge in [0.25, 0.3) is 0 Å². The van der Waals surface area contributed by atoms with E-state index in [1.807, 2.05) is 38.7 Å². The number of amides is 2. The second-order valence-corrected chi connectivity index (χ2v) is 13.0. The van der Waals surface area contributed by atoms with Crippen molar-refractivity contribution in [2.75, 3.05) is 38.1 Å². The van der Waals surface area contributed by atoms with Crippen LogP contribution in [0.1, 0.15) is 59.2 Å². The summed E-state index contributed by atoms with van der Waals surface area (Å²) in [4.78, 5) is 34.3. The summed E-state index contributed by atoms with van der Waals surface area (Å²) in [6, 6.07) is 4.62. The average molecular weight is 553 g/mol. The number of ether oxygens (including phenoxy) is 1. The van der Waals surface area contributed by atoms with Crippen molar-refractivity contribution >= 4 is 28.6 Å². The van der Waals surface area contributed by atoms with Crippen LogP contribution in [0, 0.1) is 11.2 Å². The number of fused-ring (bicyclic) bond motifs is 2. The molecule has 3 heterocycles. The molecule has 2 N–H and O–H groups in total. The Balaban J connectivity index is 1.29. The molecule has 1 aliphatic carbocycles. The first-order chi connectivity index (χ1) is 18.7. The zero-order chi connectivity index (χ0) is 29.0. The highest BCUT2D eigenvalue weighted by atomic mass is 19.1. The topological polar surface area (TPSA) is 97.6 Å². The number of hydrogen-bond donors (Lipinski definition) is 2. The lowest BCUT2D eigenvalue weighted by atomic mass is 9.76. The van der Waals surface area contributed by atoms with E-state index in [1.54, 1.807) is 18.0 Å². The number of hydrogen-bond acceptors (Lipinski definition) is 5. The summed E-state index contributed by atoms with van der Waals surface area (Å²) < 4.78 is 20.8. The number of H-pyrrole nitrogens is 2. The van der Waals surface area contributed by atoms with Gasteiger partial charge in [0.15, 0.2) is 0 Å². The first kappa shape index (κ1) is 28.1. The normalized spacial score (nSPS) is 18.4. The van der Waals surface area contributed by atoms with E-state index in [-0.39, 0.29) is 23.1 Å². The number of anilines is 1. The van der Waals surface area contributed by atoms with Gasteiger partial charge < -0.3 is 19.5 Å². The molecule has 1 fully saturated rings. The zero-order valence-corrected chi connectivity index (χ0v) is 24.7. The van der Waals surface area contributed by atoms with Crippen LogP contribution < -0.4 is 4.90 Å². The minimum Gasteiger partial charge on any atom is -0.444 e. The fourth-order valence-corrected chi connectivity index (χ4v) is 5.77. The number of carbonyl (C=O) groups is 2. The molecule has 0 bridgehead atoms. The van der Waals surface area contributed by atoms with Gasteiger partial charge in [0, 0.05) is 55.4 Å². The van der Waals surface area contributed by atoms with E-state index in [2.05, 4.69) is 29.0 Å². The van der Waals surface area contributed by atoms with E-state index in [0.29, 0.717) is 26.2 Å². The van der Waals surface area contributed by atoms with Crippen LogP contribution in [0.2, 0.25) is 0 Å². The number of nitrogens with zero attached hydrogens (tertiary/aromatic N) is 4. The van der Waals surface area contributed by atoms with Gasteiger partial charge in [0.2, 0.25) is 5.91 Å². The van der Waals surface area contributed by atoms with E-state index in [4.69, 9.17) is 4.74 Å². The SMILES string of the molecule is C[C@@H](C(=O)N(C)c1cc2[nH]c(-c3n[nH]c4c3CCC(C)(C)C4)cc2cc1F)N1CCN(C(=O)OC(C)(C)C)CC1. The summed E-state index contributed by atoms with van der Waals surface area (Å²) in [6.07, 6.45) is 2.65. The number of likely N-dealkylation sites (N-methyl/N-ethyl adjacent to an activating group) is 1. The Morgan fingerprint density at radius 2 is 1.85 bits per heavy atom. The van der Waals surface area contributed by atoms with Crippen molar-refractivity contribution in [2.45, 2.75) is 72.4 Å². The number of aromatic amines is 2. The molecular formula is C30H41FN6O3. The highest BCUT2D eigenvalue weighted by Crippen LogP contribution is 2.38. The van der Waals surface area contributed by atoms with Crippen LogP contribution >= 0.6 is 0 Å². The second-order valence-electron chi connectivity index (χ2n) is 13.0. The summed E-state index contributed by atoms with van der Waals surface area (Å²) in [5.41, 5.74) is 4.77. The molecule has 2 aromatic heterocycles. The van der Waals surface area contributed by atoms with Crippen LogP contribution in [0.15, 0.2) is 18.2 Å². The van der Waals surface area contributed by atoms with Crippen LogP contribution in [-0.2, 0) is 22.4 Å². The van der Waals surface area contributed by atoms with Gasteiger partial charge in [-0.2, -0.15) is 5.10 Å². The maximum Gasteiger partial charge on any atom is 0.410 e. The van der Waals surface area contributed by atoms with Crippen LogP contribution in [0.3, 0.4) is 0 Å². The van der Waals surface area contributed by atoms with Gasteiger partial charge in [0.05, 0.1) is 17.4 Å². The molecule has 0 saturated carbocycles. The molecule has 2 amide bonds. The number of benzene rings is 1. The van der Waals surface area contributed by atoms with Crippen LogP contribution in [0.5, 0.6) is 0 Å². The second kappa shape index (κ2) is 10.2. The molecule has 5 rings (SSSR count). The van der Waals surface area contributed by atoms with Crippen molar-refractivity contribution in [3.8, 4) is 11.4 Å². The number of halogens is 1.